The maximum atomic E-state index is 14.5. The van der Waals surface area contributed by atoms with E-state index >= 15 is 0 Å². The highest BCUT2D eigenvalue weighted by Crippen LogP contribution is 2.35. The monoisotopic (exact) mass is 554 g/mol. The number of fused-ring (bicyclic) bond motifs is 2. The molecule has 4 aromatic rings. The Labute approximate surface area is 236 Å². The number of hydrogen-bond acceptors (Lipinski definition) is 7. The van der Waals surface area contributed by atoms with Crippen LogP contribution in [0.5, 0.6) is 0 Å². The molecule has 7 nitrogen and oxygen atoms in total. The van der Waals surface area contributed by atoms with Crippen LogP contribution in [-0.4, -0.2) is 57.6 Å². The van der Waals surface area contributed by atoms with Crippen LogP contribution in [0, 0.1) is 17.1 Å². The van der Waals surface area contributed by atoms with Crippen LogP contribution in [-0.2, 0) is 30.3 Å². The van der Waals surface area contributed by atoms with Gasteiger partial charge in [0.1, 0.15) is 11.6 Å². The van der Waals surface area contributed by atoms with E-state index in [9.17, 15) is 13.9 Å². The van der Waals surface area contributed by atoms with E-state index in [0.29, 0.717) is 30.1 Å². The van der Waals surface area contributed by atoms with E-state index in [4.69, 9.17) is 9.97 Å². The zero-order valence-electron chi connectivity index (χ0n) is 22.5. The molecule has 2 aliphatic rings. The molecule has 2 aliphatic heterocycles. The third kappa shape index (κ3) is 5.17. The van der Waals surface area contributed by atoms with E-state index in [1.54, 1.807) is 12.3 Å². The van der Waals surface area contributed by atoms with Crippen molar-refractivity contribution in [3.63, 3.8) is 0 Å². The second-order valence-corrected chi connectivity index (χ2v) is 11.7. The molecule has 9 heteroatoms. The molecule has 2 atom stereocenters. The average Bonchev–Trinajstić information content (AvgIpc) is 2.98. The Hall–Kier alpha value is -3.87. The molecular weight excluding hydrogens is 523 g/mol. The van der Waals surface area contributed by atoms with Crippen LogP contribution in [0.3, 0.4) is 0 Å². The molecule has 6 rings (SSSR count). The van der Waals surface area contributed by atoms with Crippen molar-refractivity contribution in [2.24, 2.45) is 0 Å². The highest BCUT2D eigenvalue weighted by Gasteiger charge is 2.32. The molecule has 0 spiro atoms. The Morgan fingerprint density at radius 3 is 2.52 bits per heavy atom. The minimum Gasteiger partial charge on any atom is -0.365 e. The number of aromatic nitrogens is 2. The van der Waals surface area contributed by atoms with Crippen LogP contribution in [0.1, 0.15) is 23.2 Å². The molecule has 0 bridgehead atoms. The Kier molecular flexibility index (Phi) is 7.46. The Morgan fingerprint density at radius 1 is 0.975 bits per heavy atom. The number of nitriles is 1. The second-order valence-electron chi connectivity index (χ2n) is 10.4. The standard InChI is InChI=1S/C31H31FN6OS/c1-40(39)31-34-28-21-37(29-12-11-27(32)24-9-5-6-10-25(24)29)16-14-26(28)30(35-31)38-18-17-36(23(20-38)13-15-33)19-22-7-3-2-4-8-22/h2-12,23H,13-14,16-21H2,1H3. The van der Waals surface area contributed by atoms with E-state index < -0.39 is 10.8 Å². The molecule has 0 aliphatic carbocycles. The predicted molar refractivity (Wildman–Crippen MR) is 156 cm³/mol. The van der Waals surface area contributed by atoms with Gasteiger partial charge in [0.2, 0.25) is 5.16 Å². The van der Waals surface area contributed by atoms with Gasteiger partial charge >= 0.3 is 0 Å². The van der Waals surface area contributed by atoms with E-state index in [2.05, 4.69) is 32.9 Å². The van der Waals surface area contributed by atoms with Crippen molar-refractivity contribution in [2.75, 3.05) is 42.2 Å². The lowest BCUT2D eigenvalue weighted by Crippen LogP contribution is -2.53. The number of piperazine rings is 1. The third-order valence-corrected chi connectivity index (χ3v) is 8.62. The van der Waals surface area contributed by atoms with Gasteiger partial charge in [-0.25, -0.2) is 14.4 Å². The number of nitrogens with zero attached hydrogens (tertiary/aromatic N) is 6. The van der Waals surface area contributed by atoms with Crippen molar-refractivity contribution < 1.29 is 8.60 Å². The average molecular weight is 555 g/mol. The summed E-state index contributed by atoms with van der Waals surface area (Å²) in [6, 6.07) is 23.7. The maximum Gasteiger partial charge on any atom is 0.220 e. The van der Waals surface area contributed by atoms with Crippen molar-refractivity contribution in [2.45, 2.75) is 37.1 Å². The van der Waals surface area contributed by atoms with Crippen molar-refractivity contribution in [3.05, 3.63) is 89.4 Å². The Morgan fingerprint density at radius 2 is 1.75 bits per heavy atom. The van der Waals surface area contributed by atoms with Crippen LogP contribution < -0.4 is 9.80 Å². The van der Waals surface area contributed by atoms with E-state index in [0.717, 1.165) is 60.7 Å². The van der Waals surface area contributed by atoms with Gasteiger partial charge in [-0.1, -0.05) is 54.6 Å². The molecule has 3 aromatic carbocycles. The van der Waals surface area contributed by atoms with E-state index in [1.807, 2.05) is 42.5 Å². The zero-order valence-corrected chi connectivity index (χ0v) is 23.3. The van der Waals surface area contributed by atoms with Gasteiger partial charge in [0, 0.05) is 67.0 Å². The number of anilines is 2. The number of rotatable bonds is 6. The summed E-state index contributed by atoms with van der Waals surface area (Å²) in [7, 11) is -1.35. The van der Waals surface area contributed by atoms with Crippen molar-refractivity contribution >= 4 is 33.1 Å². The van der Waals surface area contributed by atoms with Crippen LogP contribution in [0.15, 0.2) is 71.9 Å². The molecule has 0 saturated carbocycles. The normalized spacial score (nSPS) is 18.4. The topological polar surface area (TPSA) is 76.4 Å². The fourth-order valence-electron chi connectivity index (χ4n) is 5.92. The highest BCUT2D eigenvalue weighted by molar-refractivity contribution is 7.84. The summed E-state index contributed by atoms with van der Waals surface area (Å²) in [4.78, 5) is 16.4. The number of benzene rings is 3. The van der Waals surface area contributed by atoms with E-state index in [1.165, 1.54) is 11.6 Å². The molecule has 1 saturated heterocycles. The van der Waals surface area contributed by atoms with Crippen LogP contribution in [0.2, 0.25) is 0 Å². The van der Waals surface area contributed by atoms with E-state index in [-0.39, 0.29) is 11.9 Å². The largest absolute Gasteiger partial charge is 0.365 e. The summed E-state index contributed by atoms with van der Waals surface area (Å²) < 4.78 is 27.1. The molecule has 0 radical (unpaired) electrons. The summed E-state index contributed by atoms with van der Waals surface area (Å²) in [5.41, 5.74) is 4.13. The van der Waals surface area contributed by atoms with Gasteiger partial charge in [0.05, 0.1) is 35.5 Å². The van der Waals surface area contributed by atoms with Crippen molar-refractivity contribution in [3.8, 4) is 6.07 Å². The van der Waals surface area contributed by atoms with Crippen LogP contribution >= 0.6 is 0 Å². The van der Waals surface area contributed by atoms with Crippen molar-refractivity contribution in [1.82, 2.24) is 14.9 Å². The van der Waals surface area contributed by atoms with Crippen LogP contribution in [0.25, 0.3) is 10.8 Å². The zero-order chi connectivity index (χ0) is 27.6. The smallest absolute Gasteiger partial charge is 0.220 e. The summed E-state index contributed by atoms with van der Waals surface area (Å²) in [5.74, 6) is 0.601. The molecule has 0 amide bonds. The molecule has 3 heterocycles. The lowest BCUT2D eigenvalue weighted by atomic mass is 10.0. The molecule has 40 heavy (non-hydrogen) atoms. The van der Waals surface area contributed by atoms with Gasteiger partial charge in [0.15, 0.2) is 0 Å². The first-order chi connectivity index (χ1) is 19.5. The summed E-state index contributed by atoms with van der Waals surface area (Å²) >= 11 is 0. The van der Waals surface area contributed by atoms with Gasteiger partial charge in [-0.3, -0.25) is 9.11 Å². The predicted octanol–water partition coefficient (Wildman–Crippen LogP) is 4.67. The third-order valence-electron chi connectivity index (χ3n) is 7.93. The number of halogens is 1. The summed E-state index contributed by atoms with van der Waals surface area (Å²) in [6.07, 6.45) is 2.75. The van der Waals surface area contributed by atoms with Gasteiger partial charge in [0.25, 0.3) is 0 Å². The molecule has 1 aromatic heterocycles. The first-order valence-corrected chi connectivity index (χ1v) is 15.1. The van der Waals surface area contributed by atoms with Gasteiger partial charge < -0.3 is 9.80 Å². The quantitative estimate of drug-likeness (QED) is 0.321. The first kappa shape index (κ1) is 26.4. The first-order valence-electron chi connectivity index (χ1n) is 13.6. The Bertz CT molecular complexity index is 1610. The van der Waals surface area contributed by atoms with Gasteiger partial charge in [-0.05, 0) is 24.1 Å². The lowest BCUT2D eigenvalue weighted by Gasteiger charge is -2.42. The van der Waals surface area contributed by atoms with Gasteiger partial charge in [-0.15, -0.1) is 0 Å². The second kappa shape index (κ2) is 11.3. The van der Waals surface area contributed by atoms with Crippen LogP contribution in [0.4, 0.5) is 15.9 Å². The SMILES string of the molecule is CS(=O)c1nc2c(c(N3CCN(Cc4ccccc4)C(CC#N)C3)n1)CCN(c1ccc(F)c3ccccc13)C2. The van der Waals surface area contributed by atoms with Gasteiger partial charge in [-0.2, -0.15) is 5.26 Å². The fourth-order valence-corrected chi connectivity index (χ4v) is 6.37. The molecule has 204 valence electrons. The minimum atomic E-state index is -1.35. The molecule has 2 unspecified atom stereocenters. The number of hydrogen-bond donors (Lipinski definition) is 0. The summed E-state index contributed by atoms with van der Waals surface area (Å²) in [6.45, 7) is 4.31. The molecule has 1 fully saturated rings. The van der Waals surface area contributed by atoms with Crippen molar-refractivity contribution in [1.29, 1.82) is 5.26 Å². The maximum absolute atomic E-state index is 14.5. The molecular formula is C31H31FN6OS. The highest BCUT2D eigenvalue weighted by atomic mass is 32.2. The minimum absolute atomic E-state index is 0.0609. The Balaban J connectivity index is 1.31. The summed E-state index contributed by atoms with van der Waals surface area (Å²) in [5, 5.41) is 11.4. The molecule has 0 N–H and O–H groups in total. The lowest BCUT2D eigenvalue weighted by molar-refractivity contribution is 0.169. The fraction of sp³-hybridized carbons (Fsp3) is 0.323.